The SMILES string of the molecule is CCNC(=NCc1ccc(Oc2ccc(OC)cc2)nc1)NCCc1cccs1.I. The molecule has 0 amide bonds. The first-order chi connectivity index (χ1) is 14.3. The molecule has 1 aromatic carbocycles. The number of aromatic nitrogens is 1. The van der Waals surface area contributed by atoms with E-state index in [0.29, 0.717) is 18.2 Å². The fraction of sp³-hybridized carbons (Fsp3) is 0.273. The third-order valence-corrected chi connectivity index (χ3v) is 5.02. The Morgan fingerprint density at radius 2 is 1.87 bits per heavy atom. The van der Waals surface area contributed by atoms with Crippen LogP contribution in [0, 0.1) is 0 Å². The Hall–Kier alpha value is -2.33. The summed E-state index contributed by atoms with van der Waals surface area (Å²) in [5.74, 6) is 2.86. The number of hydrogen-bond acceptors (Lipinski definition) is 5. The topological polar surface area (TPSA) is 67.8 Å². The molecule has 6 nitrogen and oxygen atoms in total. The van der Waals surface area contributed by atoms with Crippen LogP contribution in [0.2, 0.25) is 0 Å². The van der Waals surface area contributed by atoms with Gasteiger partial charge in [0.1, 0.15) is 11.5 Å². The lowest BCUT2D eigenvalue weighted by Crippen LogP contribution is -2.38. The number of thiophene rings is 1. The average molecular weight is 538 g/mol. The zero-order valence-electron chi connectivity index (χ0n) is 17.1. The molecule has 0 fully saturated rings. The van der Waals surface area contributed by atoms with Crippen LogP contribution in [-0.4, -0.2) is 31.1 Å². The first-order valence-electron chi connectivity index (χ1n) is 9.58. The molecule has 8 heteroatoms. The van der Waals surface area contributed by atoms with E-state index in [1.54, 1.807) is 24.6 Å². The van der Waals surface area contributed by atoms with Crippen molar-refractivity contribution in [3.05, 3.63) is 70.5 Å². The molecule has 0 atom stereocenters. The van der Waals surface area contributed by atoms with Crippen LogP contribution < -0.4 is 20.1 Å². The number of pyridine rings is 1. The van der Waals surface area contributed by atoms with Crippen molar-refractivity contribution in [3.63, 3.8) is 0 Å². The quantitative estimate of drug-likeness (QED) is 0.232. The fourth-order valence-electron chi connectivity index (χ4n) is 2.60. The summed E-state index contributed by atoms with van der Waals surface area (Å²) in [7, 11) is 1.64. The molecular formula is C22H27IN4O2S. The lowest BCUT2D eigenvalue weighted by Gasteiger charge is -2.11. The highest BCUT2D eigenvalue weighted by atomic mass is 127. The van der Waals surface area contributed by atoms with Gasteiger partial charge in [0.25, 0.3) is 0 Å². The van der Waals surface area contributed by atoms with E-state index < -0.39 is 0 Å². The van der Waals surface area contributed by atoms with Gasteiger partial charge in [-0.15, -0.1) is 35.3 Å². The van der Waals surface area contributed by atoms with Crippen LogP contribution in [0.1, 0.15) is 17.4 Å². The largest absolute Gasteiger partial charge is 0.497 e. The predicted octanol–water partition coefficient (Wildman–Crippen LogP) is 4.86. The second-order valence-corrected chi connectivity index (χ2v) is 7.27. The smallest absolute Gasteiger partial charge is 0.219 e. The second kappa shape index (κ2) is 13.1. The molecule has 0 aliphatic heterocycles. The van der Waals surface area contributed by atoms with Gasteiger partial charge in [-0.1, -0.05) is 12.1 Å². The standard InChI is InChI=1S/C22H26N4O2S.HI/c1-3-23-22(24-13-12-20-5-4-14-29-20)26-16-17-6-11-21(25-15-17)28-19-9-7-18(27-2)8-10-19;/h4-11,14-15H,3,12-13,16H2,1-2H3,(H2,23,24,26);1H. The number of nitrogens with one attached hydrogen (secondary N) is 2. The van der Waals surface area contributed by atoms with E-state index in [-0.39, 0.29) is 24.0 Å². The van der Waals surface area contributed by atoms with Crippen LogP contribution in [0.15, 0.2) is 65.1 Å². The van der Waals surface area contributed by atoms with Gasteiger partial charge in [-0.25, -0.2) is 9.98 Å². The third-order valence-electron chi connectivity index (χ3n) is 4.09. The molecule has 0 saturated carbocycles. The first-order valence-corrected chi connectivity index (χ1v) is 10.5. The minimum absolute atomic E-state index is 0. The number of nitrogens with zero attached hydrogens (tertiary/aromatic N) is 2. The Morgan fingerprint density at radius 3 is 2.50 bits per heavy atom. The molecule has 2 aromatic heterocycles. The monoisotopic (exact) mass is 538 g/mol. The molecule has 2 heterocycles. The Morgan fingerprint density at radius 1 is 1.07 bits per heavy atom. The maximum Gasteiger partial charge on any atom is 0.219 e. The minimum atomic E-state index is 0. The first kappa shape index (κ1) is 23.9. The van der Waals surface area contributed by atoms with Crippen molar-refractivity contribution in [3.8, 4) is 17.4 Å². The van der Waals surface area contributed by atoms with Crippen LogP contribution in [0.4, 0.5) is 0 Å². The number of halogens is 1. The van der Waals surface area contributed by atoms with Crippen molar-refractivity contribution in [1.82, 2.24) is 15.6 Å². The van der Waals surface area contributed by atoms with E-state index in [0.717, 1.165) is 36.8 Å². The van der Waals surface area contributed by atoms with Crippen LogP contribution in [0.25, 0.3) is 0 Å². The van der Waals surface area contributed by atoms with Crippen molar-refractivity contribution in [1.29, 1.82) is 0 Å². The van der Waals surface area contributed by atoms with Gasteiger partial charge in [-0.05, 0) is 54.6 Å². The van der Waals surface area contributed by atoms with Gasteiger partial charge < -0.3 is 20.1 Å². The van der Waals surface area contributed by atoms with Crippen molar-refractivity contribution in [2.24, 2.45) is 4.99 Å². The highest BCUT2D eigenvalue weighted by molar-refractivity contribution is 14.0. The van der Waals surface area contributed by atoms with Crippen molar-refractivity contribution in [2.45, 2.75) is 19.9 Å². The summed E-state index contributed by atoms with van der Waals surface area (Å²) in [6, 6.07) is 15.5. The molecule has 0 bridgehead atoms. The summed E-state index contributed by atoms with van der Waals surface area (Å²) in [5, 5.41) is 8.75. The van der Waals surface area contributed by atoms with E-state index in [1.807, 2.05) is 36.4 Å². The Balaban J connectivity index is 0.00000320. The van der Waals surface area contributed by atoms with E-state index in [1.165, 1.54) is 4.88 Å². The molecular weight excluding hydrogens is 511 g/mol. The Bertz CT molecular complexity index is 885. The molecule has 3 rings (SSSR count). The Kier molecular flexibility index (Phi) is 10.4. The van der Waals surface area contributed by atoms with Gasteiger partial charge >= 0.3 is 0 Å². The minimum Gasteiger partial charge on any atom is -0.497 e. The lowest BCUT2D eigenvalue weighted by atomic mass is 10.3. The number of benzene rings is 1. The molecule has 0 aliphatic carbocycles. The molecule has 0 radical (unpaired) electrons. The van der Waals surface area contributed by atoms with Gasteiger partial charge in [-0.3, -0.25) is 0 Å². The Labute approximate surface area is 198 Å². The van der Waals surface area contributed by atoms with Gasteiger partial charge in [0, 0.05) is 30.2 Å². The van der Waals surface area contributed by atoms with E-state index in [4.69, 9.17) is 9.47 Å². The summed E-state index contributed by atoms with van der Waals surface area (Å²) in [5.41, 5.74) is 1.02. The summed E-state index contributed by atoms with van der Waals surface area (Å²) in [6.45, 7) is 4.27. The summed E-state index contributed by atoms with van der Waals surface area (Å²) < 4.78 is 10.9. The van der Waals surface area contributed by atoms with Crippen LogP contribution in [0.5, 0.6) is 17.4 Å². The van der Waals surface area contributed by atoms with Gasteiger partial charge in [0.05, 0.1) is 13.7 Å². The number of methoxy groups -OCH3 is 1. The molecule has 0 saturated heterocycles. The molecule has 2 N–H and O–H groups in total. The van der Waals surface area contributed by atoms with Crippen LogP contribution >= 0.6 is 35.3 Å². The zero-order valence-corrected chi connectivity index (χ0v) is 20.3. The molecule has 3 aromatic rings. The van der Waals surface area contributed by atoms with Crippen LogP contribution in [0.3, 0.4) is 0 Å². The second-order valence-electron chi connectivity index (χ2n) is 6.23. The van der Waals surface area contributed by atoms with E-state index >= 15 is 0 Å². The highest BCUT2D eigenvalue weighted by Gasteiger charge is 2.02. The van der Waals surface area contributed by atoms with Crippen molar-refractivity contribution >= 4 is 41.3 Å². The van der Waals surface area contributed by atoms with Gasteiger partial charge in [-0.2, -0.15) is 0 Å². The van der Waals surface area contributed by atoms with Gasteiger partial charge in [0.15, 0.2) is 5.96 Å². The number of aliphatic imine (C=N–C) groups is 1. The third kappa shape index (κ3) is 7.83. The van der Waals surface area contributed by atoms with Gasteiger partial charge in [0.2, 0.25) is 5.88 Å². The molecule has 0 aliphatic rings. The predicted molar refractivity (Wildman–Crippen MR) is 134 cm³/mol. The van der Waals surface area contributed by atoms with Crippen molar-refractivity contribution < 1.29 is 9.47 Å². The van der Waals surface area contributed by atoms with Crippen LogP contribution in [-0.2, 0) is 13.0 Å². The zero-order chi connectivity index (χ0) is 20.3. The number of guanidine groups is 1. The number of rotatable bonds is 9. The molecule has 0 spiro atoms. The lowest BCUT2D eigenvalue weighted by molar-refractivity contribution is 0.412. The van der Waals surface area contributed by atoms with E-state index in [2.05, 4.69) is 45.0 Å². The summed E-state index contributed by atoms with van der Waals surface area (Å²) >= 11 is 1.78. The normalized spacial score (nSPS) is 10.8. The van der Waals surface area contributed by atoms with Crippen molar-refractivity contribution in [2.75, 3.05) is 20.2 Å². The maximum absolute atomic E-state index is 5.76. The van der Waals surface area contributed by atoms with E-state index in [9.17, 15) is 0 Å². The fourth-order valence-corrected chi connectivity index (χ4v) is 3.31. The number of ether oxygens (including phenoxy) is 2. The highest BCUT2D eigenvalue weighted by Crippen LogP contribution is 2.22. The summed E-state index contributed by atoms with van der Waals surface area (Å²) in [4.78, 5) is 10.4. The average Bonchev–Trinajstić information content (AvgIpc) is 3.27. The summed E-state index contributed by atoms with van der Waals surface area (Å²) in [6.07, 6.45) is 2.78. The maximum atomic E-state index is 5.76. The molecule has 160 valence electrons. The number of hydrogen-bond donors (Lipinski definition) is 2. The molecule has 30 heavy (non-hydrogen) atoms. The molecule has 0 unspecified atom stereocenters.